The number of pyridine rings is 1. The maximum absolute atomic E-state index is 10.4. The van der Waals surface area contributed by atoms with Crippen LogP contribution in [-0.4, -0.2) is 29.1 Å². The second-order valence-electron chi connectivity index (χ2n) is 4.98. The molecule has 0 saturated carbocycles. The Morgan fingerprint density at radius 2 is 2.42 bits per heavy atom. The van der Waals surface area contributed by atoms with Crippen LogP contribution in [0.2, 0.25) is 0 Å². The van der Waals surface area contributed by atoms with E-state index in [4.69, 9.17) is 5.11 Å². The van der Waals surface area contributed by atoms with Crippen LogP contribution in [-0.2, 0) is 4.79 Å². The summed E-state index contributed by atoms with van der Waals surface area (Å²) < 4.78 is 0. The Morgan fingerprint density at radius 3 is 3.05 bits per heavy atom. The van der Waals surface area contributed by atoms with Gasteiger partial charge < -0.3 is 10.0 Å². The van der Waals surface area contributed by atoms with Crippen LogP contribution in [0.25, 0.3) is 6.08 Å². The minimum atomic E-state index is -0.939. The Balaban J connectivity index is 2.03. The molecule has 1 aliphatic rings. The van der Waals surface area contributed by atoms with Crippen LogP contribution in [0.5, 0.6) is 0 Å². The summed E-state index contributed by atoms with van der Waals surface area (Å²) in [6.07, 6.45) is 8.17. The summed E-state index contributed by atoms with van der Waals surface area (Å²) in [5, 5.41) is 8.57. The third-order valence-electron chi connectivity index (χ3n) is 3.61. The molecule has 1 N–H and O–H groups in total. The molecule has 102 valence electrons. The van der Waals surface area contributed by atoms with Crippen molar-refractivity contribution in [1.29, 1.82) is 0 Å². The summed E-state index contributed by atoms with van der Waals surface area (Å²) in [5.41, 5.74) is 0.815. The van der Waals surface area contributed by atoms with Gasteiger partial charge in [0.05, 0.1) is 0 Å². The predicted octanol–water partition coefficient (Wildman–Crippen LogP) is 2.81. The number of hydrogen-bond acceptors (Lipinski definition) is 3. The molecule has 1 aliphatic heterocycles. The maximum Gasteiger partial charge on any atom is 0.328 e. The van der Waals surface area contributed by atoms with Crippen molar-refractivity contribution in [3.05, 3.63) is 30.0 Å². The van der Waals surface area contributed by atoms with Gasteiger partial charge in [-0.1, -0.05) is 13.3 Å². The second-order valence-corrected chi connectivity index (χ2v) is 4.98. The summed E-state index contributed by atoms with van der Waals surface area (Å²) in [6, 6.07) is 3.89. The van der Waals surface area contributed by atoms with Gasteiger partial charge in [-0.3, -0.25) is 0 Å². The van der Waals surface area contributed by atoms with Crippen molar-refractivity contribution in [2.24, 2.45) is 5.92 Å². The molecule has 2 rings (SSSR count). The number of piperidine rings is 1. The highest BCUT2D eigenvalue weighted by Crippen LogP contribution is 2.23. The molecule has 1 aromatic rings. The van der Waals surface area contributed by atoms with Crippen molar-refractivity contribution >= 4 is 17.9 Å². The molecule has 2 heterocycles. The van der Waals surface area contributed by atoms with Crippen LogP contribution in [0.3, 0.4) is 0 Å². The van der Waals surface area contributed by atoms with E-state index in [2.05, 4.69) is 16.8 Å². The third kappa shape index (κ3) is 3.81. The molecule has 0 bridgehead atoms. The molecular weight excluding hydrogens is 240 g/mol. The van der Waals surface area contributed by atoms with E-state index in [1.807, 2.05) is 12.1 Å². The molecule has 0 amide bonds. The Bertz CT molecular complexity index is 454. The van der Waals surface area contributed by atoms with Crippen LogP contribution in [0.15, 0.2) is 24.4 Å². The van der Waals surface area contributed by atoms with Gasteiger partial charge in [0.25, 0.3) is 0 Å². The van der Waals surface area contributed by atoms with Gasteiger partial charge in [-0.25, -0.2) is 9.78 Å². The van der Waals surface area contributed by atoms with Gasteiger partial charge in [-0.05, 0) is 42.5 Å². The van der Waals surface area contributed by atoms with Gasteiger partial charge in [0.1, 0.15) is 5.82 Å². The summed E-state index contributed by atoms with van der Waals surface area (Å²) in [7, 11) is 0. The highest BCUT2D eigenvalue weighted by molar-refractivity contribution is 5.85. The SMILES string of the molecule is CCC1CCCN(c2ccc(/C=C/C(=O)O)cn2)C1. The van der Waals surface area contributed by atoms with E-state index in [9.17, 15) is 4.79 Å². The molecule has 0 aromatic carbocycles. The molecular formula is C15H20N2O2. The monoisotopic (exact) mass is 260 g/mol. The zero-order valence-electron chi connectivity index (χ0n) is 11.2. The van der Waals surface area contributed by atoms with Crippen molar-refractivity contribution in [3.8, 4) is 0 Å². The number of aromatic nitrogens is 1. The lowest BCUT2D eigenvalue weighted by Crippen LogP contribution is -2.35. The third-order valence-corrected chi connectivity index (χ3v) is 3.61. The van der Waals surface area contributed by atoms with Gasteiger partial charge in [-0.15, -0.1) is 0 Å². The normalized spacial score (nSPS) is 19.8. The van der Waals surface area contributed by atoms with Crippen molar-refractivity contribution in [2.45, 2.75) is 26.2 Å². The number of hydrogen-bond donors (Lipinski definition) is 1. The van der Waals surface area contributed by atoms with Crippen molar-refractivity contribution in [2.75, 3.05) is 18.0 Å². The number of aliphatic carboxylic acids is 1. The Morgan fingerprint density at radius 1 is 1.58 bits per heavy atom. The first-order chi connectivity index (χ1) is 9.19. The number of rotatable bonds is 4. The minimum absolute atomic E-state index is 0.766. The van der Waals surface area contributed by atoms with E-state index in [1.54, 1.807) is 12.3 Å². The lowest BCUT2D eigenvalue weighted by Gasteiger charge is -2.33. The molecule has 0 aliphatic carbocycles. The number of anilines is 1. The first-order valence-corrected chi connectivity index (χ1v) is 6.81. The van der Waals surface area contributed by atoms with Crippen LogP contribution in [0.1, 0.15) is 31.7 Å². The van der Waals surface area contributed by atoms with Crippen LogP contribution in [0.4, 0.5) is 5.82 Å². The van der Waals surface area contributed by atoms with Crippen LogP contribution >= 0.6 is 0 Å². The molecule has 4 nitrogen and oxygen atoms in total. The molecule has 1 aromatic heterocycles. The van der Waals surface area contributed by atoms with Gasteiger partial charge in [0.2, 0.25) is 0 Å². The summed E-state index contributed by atoms with van der Waals surface area (Å²) in [5.74, 6) is 0.818. The van der Waals surface area contributed by atoms with Crippen molar-refractivity contribution < 1.29 is 9.90 Å². The fourth-order valence-electron chi connectivity index (χ4n) is 2.46. The first kappa shape index (κ1) is 13.6. The highest BCUT2D eigenvalue weighted by atomic mass is 16.4. The molecule has 0 radical (unpaired) electrons. The smallest absolute Gasteiger partial charge is 0.328 e. The lowest BCUT2D eigenvalue weighted by atomic mass is 9.96. The molecule has 19 heavy (non-hydrogen) atoms. The molecule has 0 spiro atoms. The Labute approximate surface area is 113 Å². The average Bonchev–Trinajstić information content (AvgIpc) is 2.45. The lowest BCUT2D eigenvalue weighted by molar-refractivity contribution is -0.131. The topological polar surface area (TPSA) is 53.4 Å². The fraction of sp³-hybridized carbons (Fsp3) is 0.467. The number of carboxylic acid groups (broad SMARTS) is 1. The summed E-state index contributed by atoms with van der Waals surface area (Å²) in [6.45, 7) is 4.38. The number of carbonyl (C=O) groups is 1. The molecule has 1 saturated heterocycles. The number of nitrogens with zero attached hydrogens (tertiary/aromatic N) is 2. The molecule has 4 heteroatoms. The fourth-order valence-corrected chi connectivity index (χ4v) is 2.46. The van der Waals surface area contributed by atoms with Crippen molar-refractivity contribution in [1.82, 2.24) is 4.98 Å². The zero-order chi connectivity index (χ0) is 13.7. The number of carboxylic acids is 1. The maximum atomic E-state index is 10.4. The van der Waals surface area contributed by atoms with E-state index < -0.39 is 5.97 Å². The second kappa shape index (κ2) is 6.36. The van der Waals surface area contributed by atoms with Crippen LogP contribution < -0.4 is 4.90 Å². The van der Waals surface area contributed by atoms with Gasteiger partial charge in [-0.2, -0.15) is 0 Å². The summed E-state index contributed by atoms with van der Waals surface area (Å²) in [4.78, 5) is 17.2. The summed E-state index contributed by atoms with van der Waals surface area (Å²) >= 11 is 0. The van der Waals surface area contributed by atoms with Gasteiger partial charge >= 0.3 is 5.97 Å². The van der Waals surface area contributed by atoms with Crippen molar-refractivity contribution in [3.63, 3.8) is 0 Å². The largest absolute Gasteiger partial charge is 0.478 e. The molecule has 1 unspecified atom stereocenters. The van der Waals surface area contributed by atoms with E-state index >= 15 is 0 Å². The Kier molecular flexibility index (Phi) is 4.55. The average molecular weight is 260 g/mol. The van der Waals surface area contributed by atoms with E-state index in [1.165, 1.54) is 19.3 Å². The van der Waals surface area contributed by atoms with E-state index in [-0.39, 0.29) is 0 Å². The van der Waals surface area contributed by atoms with Gasteiger partial charge in [0.15, 0.2) is 0 Å². The van der Waals surface area contributed by atoms with Crippen LogP contribution in [0, 0.1) is 5.92 Å². The minimum Gasteiger partial charge on any atom is -0.478 e. The van der Waals surface area contributed by atoms with Gasteiger partial charge in [0, 0.05) is 25.4 Å². The molecule has 1 atom stereocenters. The Hall–Kier alpha value is -1.84. The molecule has 1 fully saturated rings. The quantitative estimate of drug-likeness (QED) is 0.846. The zero-order valence-corrected chi connectivity index (χ0v) is 11.2. The van der Waals surface area contributed by atoms with E-state index in [0.717, 1.165) is 36.5 Å². The standard InChI is InChI=1S/C15H20N2O2/c1-2-12-4-3-9-17(11-12)14-7-5-13(10-16-14)6-8-15(18)19/h5-8,10,12H,2-4,9,11H2,1H3,(H,18,19)/b8-6+. The predicted molar refractivity (Wildman–Crippen MR) is 76.1 cm³/mol. The first-order valence-electron chi connectivity index (χ1n) is 6.81. The highest BCUT2D eigenvalue weighted by Gasteiger charge is 2.19. The van der Waals surface area contributed by atoms with E-state index in [0.29, 0.717) is 0 Å².